The number of carbonyl (C=O) groups excluding carboxylic acids is 1. The molecule has 0 unspecified atom stereocenters. The van der Waals surface area contributed by atoms with E-state index in [1.165, 1.54) is 30.0 Å². The second-order valence-corrected chi connectivity index (χ2v) is 7.53. The summed E-state index contributed by atoms with van der Waals surface area (Å²) in [7, 11) is 0. The van der Waals surface area contributed by atoms with Crippen molar-refractivity contribution in [3.8, 4) is 0 Å². The van der Waals surface area contributed by atoms with Gasteiger partial charge in [0.05, 0.1) is 27.2 Å². The van der Waals surface area contributed by atoms with E-state index >= 15 is 0 Å². The van der Waals surface area contributed by atoms with Gasteiger partial charge in [0.1, 0.15) is 5.51 Å². The number of para-hydroxylation sites is 1. The molecule has 1 heterocycles. The first kappa shape index (κ1) is 19.4. The molecule has 0 aliphatic heterocycles. The first-order chi connectivity index (χ1) is 13.4. The van der Waals surface area contributed by atoms with E-state index in [0.29, 0.717) is 14.9 Å². The fourth-order valence-electron chi connectivity index (χ4n) is 2.37. The Morgan fingerprint density at radius 3 is 2.57 bits per heavy atom. The van der Waals surface area contributed by atoms with Crippen molar-refractivity contribution >= 4 is 46.1 Å². The smallest absolute Gasteiger partial charge is 0.279 e. The van der Waals surface area contributed by atoms with Crippen LogP contribution in [0.3, 0.4) is 0 Å². The second-order valence-electron chi connectivity index (χ2n) is 5.41. The monoisotopic (exact) mass is 417 g/mol. The van der Waals surface area contributed by atoms with Crippen molar-refractivity contribution in [3.05, 3.63) is 73.3 Å². The van der Waals surface area contributed by atoms with Gasteiger partial charge in [-0.3, -0.25) is 25.0 Å². The molecule has 10 nitrogen and oxygen atoms in total. The third kappa shape index (κ3) is 4.13. The topological polar surface area (TPSA) is 141 Å². The van der Waals surface area contributed by atoms with Crippen molar-refractivity contribution in [2.75, 3.05) is 5.32 Å². The molecule has 142 valence electrons. The van der Waals surface area contributed by atoms with Crippen LogP contribution in [0.25, 0.3) is 0 Å². The van der Waals surface area contributed by atoms with Gasteiger partial charge in [-0.05, 0) is 19.1 Å². The lowest BCUT2D eigenvalue weighted by atomic mass is 10.0. The van der Waals surface area contributed by atoms with E-state index in [-0.39, 0.29) is 11.1 Å². The zero-order chi connectivity index (χ0) is 20.3. The van der Waals surface area contributed by atoms with Crippen LogP contribution in [-0.4, -0.2) is 26.0 Å². The van der Waals surface area contributed by atoms with E-state index < -0.39 is 27.1 Å². The van der Waals surface area contributed by atoms with Gasteiger partial charge in [0.15, 0.2) is 4.34 Å². The molecule has 0 bridgehead atoms. The van der Waals surface area contributed by atoms with Crippen LogP contribution in [0.2, 0.25) is 0 Å². The number of hydrogen-bond acceptors (Lipinski definition) is 9. The molecule has 3 aromatic rings. The number of rotatable bonds is 6. The van der Waals surface area contributed by atoms with Crippen LogP contribution < -0.4 is 5.32 Å². The Balaban J connectivity index is 1.96. The van der Waals surface area contributed by atoms with Gasteiger partial charge in [0, 0.05) is 16.5 Å². The van der Waals surface area contributed by atoms with Crippen molar-refractivity contribution in [3.63, 3.8) is 0 Å². The average Bonchev–Trinajstić information content (AvgIpc) is 3.16. The summed E-state index contributed by atoms with van der Waals surface area (Å²) >= 11 is 2.62. The third-order valence-electron chi connectivity index (χ3n) is 3.69. The van der Waals surface area contributed by atoms with Crippen molar-refractivity contribution in [1.29, 1.82) is 0 Å². The lowest BCUT2D eigenvalue weighted by molar-refractivity contribution is -0.394. The molecule has 0 aliphatic rings. The maximum atomic E-state index is 12.7. The molecule has 0 spiro atoms. The summed E-state index contributed by atoms with van der Waals surface area (Å²) in [6.45, 7) is 1.37. The molecule has 28 heavy (non-hydrogen) atoms. The minimum absolute atomic E-state index is 0.0438. The van der Waals surface area contributed by atoms with Gasteiger partial charge < -0.3 is 5.32 Å². The highest BCUT2D eigenvalue weighted by Gasteiger charge is 2.25. The Morgan fingerprint density at radius 2 is 1.93 bits per heavy atom. The summed E-state index contributed by atoms with van der Waals surface area (Å²) < 4.78 is 0.670. The Morgan fingerprint density at radius 1 is 1.18 bits per heavy atom. The Kier molecular flexibility index (Phi) is 5.61. The molecule has 12 heteroatoms. The standard InChI is InChI=1S/C16H11N5O5S2/c1-9-11(6-10(20(23)24)7-13(9)21(25)26)15(22)18-12-4-2-3-5-14(12)28-16-19-17-8-27-16/h2-8H,1H3,(H,18,22). The van der Waals surface area contributed by atoms with E-state index in [4.69, 9.17) is 0 Å². The lowest BCUT2D eigenvalue weighted by Gasteiger charge is -2.11. The quantitative estimate of drug-likeness (QED) is 0.467. The molecule has 0 saturated heterocycles. The number of amides is 1. The van der Waals surface area contributed by atoms with Crippen LogP contribution in [0.4, 0.5) is 17.1 Å². The first-order valence-electron chi connectivity index (χ1n) is 7.64. The minimum atomic E-state index is -0.775. The van der Waals surface area contributed by atoms with Crippen LogP contribution >= 0.6 is 23.1 Å². The van der Waals surface area contributed by atoms with Crippen molar-refractivity contribution < 1.29 is 14.6 Å². The third-order valence-corrected chi connectivity index (χ3v) is 5.54. The SMILES string of the molecule is Cc1c(C(=O)Nc2ccccc2Sc2nncs2)cc([N+](=O)[O-])cc1[N+](=O)[O-]. The highest BCUT2D eigenvalue weighted by molar-refractivity contribution is 8.01. The fraction of sp³-hybridized carbons (Fsp3) is 0.0625. The zero-order valence-electron chi connectivity index (χ0n) is 14.2. The van der Waals surface area contributed by atoms with Crippen molar-refractivity contribution in [1.82, 2.24) is 10.2 Å². The Bertz CT molecular complexity index is 1070. The first-order valence-corrected chi connectivity index (χ1v) is 9.34. The number of non-ortho nitro benzene ring substituents is 1. The van der Waals surface area contributed by atoms with Gasteiger partial charge in [0.2, 0.25) is 0 Å². The number of anilines is 1. The molecule has 3 rings (SSSR count). The van der Waals surface area contributed by atoms with E-state index in [1.807, 2.05) is 0 Å². The van der Waals surface area contributed by atoms with Crippen LogP contribution in [-0.2, 0) is 0 Å². The number of nitrogens with zero attached hydrogens (tertiary/aromatic N) is 4. The van der Waals surface area contributed by atoms with Gasteiger partial charge in [0.25, 0.3) is 17.3 Å². The van der Waals surface area contributed by atoms with Gasteiger partial charge in [-0.15, -0.1) is 10.2 Å². The van der Waals surface area contributed by atoms with Gasteiger partial charge in [-0.25, -0.2) is 0 Å². The number of nitrogens with one attached hydrogen (secondary N) is 1. The van der Waals surface area contributed by atoms with Crippen molar-refractivity contribution in [2.45, 2.75) is 16.2 Å². The highest BCUT2D eigenvalue weighted by atomic mass is 32.2. The van der Waals surface area contributed by atoms with Crippen LogP contribution in [0.15, 0.2) is 51.1 Å². The summed E-state index contributed by atoms with van der Waals surface area (Å²) in [5, 5.41) is 32.6. The molecule has 1 N–H and O–H groups in total. The van der Waals surface area contributed by atoms with E-state index in [0.717, 1.165) is 12.1 Å². The predicted octanol–water partition coefficient (Wildman–Crippen LogP) is 4.07. The van der Waals surface area contributed by atoms with Crippen LogP contribution in [0, 0.1) is 27.2 Å². The lowest BCUT2D eigenvalue weighted by Crippen LogP contribution is -2.15. The highest BCUT2D eigenvalue weighted by Crippen LogP contribution is 2.35. The van der Waals surface area contributed by atoms with Gasteiger partial charge >= 0.3 is 0 Å². The predicted molar refractivity (Wildman–Crippen MR) is 103 cm³/mol. The number of aromatic nitrogens is 2. The summed E-state index contributed by atoms with van der Waals surface area (Å²) in [6.07, 6.45) is 0. The molecule has 0 radical (unpaired) electrons. The van der Waals surface area contributed by atoms with Crippen LogP contribution in [0.1, 0.15) is 15.9 Å². The van der Waals surface area contributed by atoms with E-state index in [1.54, 1.807) is 29.8 Å². The molecular weight excluding hydrogens is 406 g/mol. The Hall–Kier alpha value is -3.38. The van der Waals surface area contributed by atoms with Gasteiger partial charge in [-0.1, -0.05) is 35.2 Å². The minimum Gasteiger partial charge on any atom is -0.321 e. The number of nitro groups is 2. The number of carbonyl (C=O) groups is 1. The van der Waals surface area contributed by atoms with E-state index in [2.05, 4.69) is 15.5 Å². The maximum absolute atomic E-state index is 12.7. The molecule has 0 fully saturated rings. The molecule has 0 aliphatic carbocycles. The van der Waals surface area contributed by atoms with Gasteiger partial charge in [-0.2, -0.15) is 0 Å². The summed E-state index contributed by atoms with van der Waals surface area (Å²) in [6, 6.07) is 8.78. The number of nitro benzene ring substituents is 2. The largest absolute Gasteiger partial charge is 0.321 e. The number of hydrogen-bond donors (Lipinski definition) is 1. The summed E-state index contributed by atoms with van der Waals surface area (Å²) in [5.41, 5.74) is 0.907. The molecule has 1 aromatic heterocycles. The molecule has 0 atom stereocenters. The molecule has 1 amide bonds. The fourth-order valence-corrected chi connectivity index (χ4v) is 3.89. The normalized spacial score (nSPS) is 10.5. The van der Waals surface area contributed by atoms with E-state index in [9.17, 15) is 25.0 Å². The second kappa shape index (κ2) is 8.10. The molecular formula is C16H11N5O5S2. The molecule has 2 aromatic carbocycles. The maximum Gasteiger partial charge on any atom is 0.279 e. The summed E-state index contributed by atoms with van der Waals surface area (Å²) in [5.74, 6) is -0.686. The van der Waals surface area contributed by atoms with Crippen LogP contribution in [0.5, 0.6) is 0 Å². The Labute approximate surface area is 165 Å². The average molecular weight is 417 g/mol. The summed E-state index contributed by atoms with van der Waals surface area (Å²) in [4.78, 5) is 34.2. The zero-order valence-corrected chi connectivity index (χ0v) is 15.8. The van der Waals surface area contributed by atoms with Crippen molar-refractivity contribution in [2.24, 2.45) is 0 Å². The number of benzene rings is 2. The molecule has 0 saturated carbocycles.